The molecule has 0 saturated carbocycles. The van der Waals surface area contributed by atoms with Crippen molar-refractivity contribution < 1.29 is 9.90 Å². The Hall–Kier alpha value is -1.39. The lowest BCUT2D eigenvalue weighted by atomic mass is 10.2. The zero-order valence-corrected chi connectivity index (χ0v) is 8.73. The third-order valence-electron chi connectivity index (χ3n) is 1.93. The molecular formula is C11H16N2O2. The lowest BCUT2D eigenvalue weighted by molar-refractivity contribution is -0.116. The highest BCUT2D eigenvalue weighted by molar-refractivity contribution is 5.91. The van der Waals surface area contributed by atoms with E-state index in [1.165, 1.54) is 0 Å². The Labute approximate surface area is 89.1 Å². The van der Waals surface area contributed by atoms with E-state index in [0.717, 1.165) is 11.3 Å². The fourth-order valence-electron chi connectivity index (χ4n) is 1.20. The summed E-state index contributed by atoms with van der Waals surface area (Å²) in [6.45, 7) is 1.79. The molecule has 1 atom stereocenters. The number of carbonyl (C=O) groups excluding carboxylic acids is 1. The fraction of sp³-hybridized carbons (Fsp3) is 0.364. The topological polar surface area (TPSA) is 75.4 Å². The van der Waals surface area contributed by atoms with Crippen LogP contribution in [0.3, 0.4) is 0 Å². The number of rotatable bonds is 4. The highest BCUT2D eigenvalue weighted by Crippen LogP contribution is 2.09. The first-order chi connectivity index (χ1) is 7.11. The highest BCUT2D eigenvalue weighted by Gasteiger charge is 2.04. The largest absolute Gasteiger partial charge is 0.392 e. The Morgan fingerprint density at radius 1 is 1.47 bits per heavy atom. The number of amides is 1. The molecule has 4 N–H and O–H groups in total. The van der Waals surface area contributed by atoms with Crippen LogP contribution in [0.5, 0.6) is 0 Å². The van der Waals surface area contributed by atoms with Gasteiger partial charge in [-0.05, 0) is 24.6 Å². The fourth-order valence-corrected chi connectivity index (χ4v) is 1.20. The summed E-state index contributed by atoms with van der Waals surface area (Å²) in [4.78, 5) is 11.3. The molecule has 15 heavy (non-hydrogen) atoms. The zero-order valence-electron chi connectivity index (χ0n) is 8.73. The number of aliphatic hydroxyl groups is 1. The van der Waals surface area contributed by atoms with Gasteiger partial charge in [-0.25, -0.2) is 0 Å². The second kappa shape index (κ2) is 5.48. The van der Waals surface area contributed by atoms with Crippen LogP contribution in [0.15, 0.2) is 24.3 Å². The van der Waals surface area contributed by atoms with E-state index in [0.29, 0.717) is 6.42 Å². The van der Waals surface area contributed by atoms with Crippen molar-refractivity contribution in [3.8, 4) is 0 Å². The lowest BCUT2D eigenvalue weighted by Crippen LogP contribution is -2.23. The molecule has 1 unspecified atom stereocenters. The molecule has 4 nitrogen and oxygen atoms in total. The zero-order chi connectivity index (χ0) is 11.3. The Kier molecular flexibility index (Phi) is 4.27. The van der Waals surface area contributed by atoms with Gasteiger partial charge < -0.3 is 16.2 Å². The van der Waals surface area contributed by atoms with Crippen molar-refractivity contribution in [2.24, 2.45) is 5.73 Å². The summed E-state index contributed by atoms with van der Waals surface area (Å²) in [6, 6.07) is 6.90. The van der Waals surface area contributed by atoms with Gasteiger partial charge in [0.15, 0.2) is 0 Å². The smallest absolute Gasteiger partial charge is 0.225 e. The number of anilines is 1. The summed E-state index contributed by atoms with van der Waals surface area (Å²) in [5.41, 5.74) is 7.04. The molecule has 0 spiro atoms. The molecule has 1 aromatic rings. The normalized spacial score (nSPS) is 12.2. The summed E-state index contributed by atoms with van der Waals surface area (Å²) in [6.07, 6.45) is 0.307. The van der Waals surface area contributed by atoms with Crippen LogP contribution in [-0.2, 0) is 11.4 Å². The highest BCUT2D eigenvalue weighted by atomic mass is 16.3. The average molecular weight is 208 g/mol. The van der Waals surface area contributed by atoms with Crippen LogP contribution in [0.1, 0.15) is 18.9 Å². The second-order valence-corrected chi connectivity index (χ2v) is 3.58. The van der Waals surface area contributed by atoms with Crippen molar-refractivity contribution in [2.75, 3.05) is 5.32 Å². The van der Waals surface area contributed by atoms with Gasteiger partial charge in [-0.3, -0.25) is 4.79 Å². The number of aliphatic hydroxyl groups excluding tert-OH is 1. The van der Waals surface area contributed by atoms with E-state index in [2.05, 4.69) is 5.32 Å². The first kappa shape index (κ1) is 11.7. The van der Waals surface area contributed by atoms with Crippen LogP contribution < -0.4 is 11.1 Å². The minimum absolute atomic E-state index is 0.00800. The summed E-state index contributed by atoms with van der Waals surface area (Å²) >= 11 is 0. The molecule has 0 saturated heterocycles. The minimum atomic E-state index is -0.137. The molecule has 0 aliphatic rings. The molecular weight excluding hydrogens is 192 g/mol. The maximum absolute atomic E-state index is 11.3. The number of carbonyl (C=O) groups is 1. The van der Waals surface area contributed by atoms with Crippen molar-refractivity contribution >= 4 is 11.6 Å². The molecule has 0 aliphatic carbocycles. The second-order valence-electron chi connectivity index (χ2n) is 3.58. The summed E-state index contributed by atoms with van der Waals surface area (Å²) in [5.74, 6) is -0.0956. The van der Waals surface area contributed by atoms with E-state index in [1.807, 2.05) is 0 Å². The van der Waals surface area contributed by atoms with Crippen molar-refractivity contribution in [3.05, 3.63) is 29.8 Å². The standard InChI is InChI=1S/C11H16N2O2/c1-8(12)6-11(15)13-10-4-2-9(7-14)3-5-10/h2-5,8,14H,6-7,12H2,1H3,(H,13,15). The van der Waals surface area contributed by atoms with Crippen molar-refractivity contribution in [1.29, 1.82) is 0 Å². The number of hydrogen-bond donors (Lipinski definition) is 3. The Balaban J connectivity index is 2.53. The average Bonchev–Trinajstić information content (AvgIpc) is 2.17. The van der Waals surface area contributed by atoms with Gasteiger partial charge in [-0.2, -0.15) is 0 Å². The van der Waals surface area contributed by atoms with Gasteiger partial charge in [-0.15, -0.1) is 0 Å². The maximum atomic E-state index is 11.3. The van der Waals surface area contributed by atoms with Crippen LogP contribution in [0.4, 0.5) is 5.69 Å². The van der Waals surface area contributed by atoms with Crippen molar-refractivity contribution in [1.82, 2.24) is 0 Å². The summed E-state index contributed by atoms with van der Waals surface area (Å²) < 4.78 is 0. The third kappa shape index (κ3) is 4.10. The SMILES string of the molecule is CC(N)CC(=O)Nc1ccc(CO)cc1. The first-order valence-corrected chi connectivity index (χ1v) is 4.87. The number of nitrogens with two attached hydrogens (primary N) is 1. The van der Waals surface area contributed by atoms with Crippen molar-refractivity contribution in [2.45, 2.75) is 26.0 Å². The molecule has 82 valence electrons. The quantitative estimate of drug-likeness (QED) is 0.686. The van der Waals surface area contributed by atoms with Crippen molar-refractivity contribution in [3.63, 3.8) is 0 Å². The molecule has 4 heteroatoms. The molecule has 0 heterocycles. The molecule has 0 fully saturated rings. The summed E-state index contributed by atoms with van der Waals surface area (Å²) in [7, 11) is 0. The molecule has 1 amide bonds. The Morgan fingerprint density at radius 2 is 2.07 bits per heavy atom. The molecule has 1 aromatic carbocycles. The van der Waals surface area contributed by atoms with Gasteiger partial charge in [0.1, 0.15) is 0 Å². The van der Waals surface area contributed by atoms with Gasteiger partial charge in [0.2, 0.25) is 5.91 Å². The number of nitrogens with one attached hydrogen (secondary N) is 1. The van der Waals surface area contributed by atoms with Crippen LogP contribution in [0, 0.1) is 0 Å². The van der Waals surface area contributed by atoms with Gasteiger partial charge >= 0.3 is 0 Å². The monoisotopic (exact) mass is 208 g/mol. The Bertz CT molecular complexity index is 320. The van der Waals surface area contributed by atoms with Gasteiger partial charge in [-0.1, -0.05) is 12.1 Å². The third-order valence-corrected chi connectivity index (χ3v) is 1.93. The van der Waals surface area contributed by atoms with E-state index in [-0.39, 0.29) is 18.6 Å². The molecule has 0 bridgehead atoms. The molecule has 0 radical (unpaired) electrons. The molecule has 0 aromatic heterocycles. The maximum Gasteiger partial charge on any atom is 0.225 e. The van der Waals surface area contributed by atoms with Crippen LogP contribution >= 0.6 is 0 Å². The van der Waals surface area contributed by atoms with Crippen LogP contribution in [-0.4, -0.2) is 17.1 Å². The van der Waals surface area contributed by atoms with Gasteiger partial charge in [0.25, 0.3) is 0 Å². The van der Waals surface area contributed by atoms with E-state index in [1.54, 1.807) is 31.2 Å². The molecule has 1 rings (SSSR count). The van der Waals surface area contributed by atoms with Crippen LogP contribution in [0.2, 0.25) is 0 Å². The summed E-state index contributed by atoms with van der Waals surface area (Å²) in [5, 5.41) is 11.5. The van der Waals surface area contributed by atoms with Crippen LogP contribution in [0.25, 0.3) is 0 Å². The number of benzene rings is 1. The van der Waals surface area contributed by atoms with E-state index in [9.17, 15) is 4.79 Å². The predicted octanol–water partition coefficient (Wildman–Crippen LogP) is 0.855. The van der Waals surface area contributed by atoms with E-state index in [4.69, 9.17) is 10.8 Å². The predicted molar refractivity (Wildman–Crippen MR) is 59.3 cm³/mol. The lowest BCUT2D eigenvalue weighted by Gasteiger charge is -2.07. The van der Waals surface area contributed by atoms with Gasteiger partial charge in [0.05, 0.1) is 6.61 Å². The van der Waals surface area contributed by atoms with E-state index >= 15 is 0 Å². The molecule has 0 aliphatic heterocycles. The van der Waals surface area contributed by atoms with Gasteiger partial charge in [0, 0.05) is 18.2 Å². The number of hydrogen-bond acceptors (Lipinski definition) is 3. The van der Waals surface area contributed by atoms with E-state index < -0.39 is 0 Å². The first-order valence-electron chi connectivity index (χ1n) is 4.87. The Morgan fingerprint density at radius 3 is 2.53 bits per heavy atom. The minimum Gasteiger partial charge on any atom is -0.392 e.